The molecule has 0 radical (unpaired) electrons. The Labute approximate surface area is 206 Å². The summed E-state index contributed by atoms with van der Waals surface area (Å²) in [7, 11) is 0. The van der Waals surface area contributed by atoms with Crippen LogP contribution in [0, 0.1) is 0 Å². The molecular formula is C31H31N2S+. The van der Waals surface area contributed by atoms with E-state index in [2.05, 4.69) is 63.7 Å². The average molecular weight is 464 g/mol. The summed E-state index contributed by atoms with van der Waals surface area (Å²) in [5.41, 5.74) is 12.5. The maximum Gasteiger partial charge on any atom is 0.207 e. The van der Waals surface area contributed by atoms with Gasteiger partial charge in [-0.25, -0.2) is 4.58 Å². The molecule has 0 aliphatic carbocycles. The molecule has 5 aliphatic heterocycles. The summed E-state index contributed by atoms with van der Waals surface area (Å²) < 4.78 is 2.70. The van der Waals surface area contributed by atoms with Gasteiger partial charge in [0.05, 0.1) is 0 Å². The van der Waals surface area contributed by atoms with E-state index >= 15 is 0 Å². The van der Waals surface area contributed by atoms with Crippen molar-refractivity contribution in [3.05, 3.63) is 86.4 Å². The molecule has 3 aromatic rings. The molecule has 3 aromatic carbocycles. The van der Waals surface area contributed by atoms with Crippen LogP contribution >= 0.6 is 11.8 Å². The molecule has 34 heavy (non-hydrogen) atoms. The predicted octanol–water partition coefficient (Wildman–Crippen LogP) is 4.48. The zero-order chi connectivity index (χ0) is 22.2. The Bertz CT molecular complexity index is 1480. The fourth-order valence-corrected chi connectivity index (χ4v) is 8.82. The molecule has 0 unspecified atom stereocenters. The van der Waals surface area contributed by atoms with E-state index in [4.69, 9.17) is 0 Å². The maximum absolute atomic E-state index is 2.70. The number of anilines is 1. The normalized spacial score (nSPS) is 19.8. The van der Waals surface area contributed by atoms with E-state index in [0.717, 1.165) is 0 Å². The van der Waals surface area contributed by atoms with Crippen LogP contribution in [0.3, 0.4) is 0 Å². The van der Waals surface area contributed by atoms with Crippen molar-refractivity contribution in [2.75, 3.05) is 31.1 Å². The second kappa shape index (κ2) is 7.49. The van der Waals surface area contributed by atoms with E-state index in [-0.39, 0.29) is 0 Å². The first-order valence-corrected chi connectivity index (χ1v) is 14.2. The molecule has 0 saturated heterocycles. The fraction of sp³-hybridized carbons (Fsp3) is 0.387. The first-order valence-electron chi connectivity index (χ1n) is 13.3. The zero-order valence-corrected chi connectivity index (χ0v) is 20.6. The van der Waals surface area contributed by atoms with Crippen molar-refractivity contribution >= 4 is 23.0 Å². The monoisotopic (exact) mass is 463 g/mol. The highest BCUT2D eigenvalue weighted by atomic mass is 32.2. The molecule has 0 spiro atoms. The van der Waals surface area contributed by atoms with E-state index in [1.165, 1.54) is 99.5 Å². The molecule has 3 heteroatoms. The van der Waals surface area contributed by atoms with Crippen molar-refractivity contribution in [2.45, 2.75) is 61.2 Å². The van der Waals surface area contributed by atoms with Crippen LogP contribution in [0.25, 0.3) is 5.57 Å². The van der Waals surface area contributed by atoms with Gasteiger partial charge in [0.15, 0.2) is 0 Å². The van der Waals surface area contributed by atoms with Crippen LogP contribution in [0.1, 0.15) is 59.1 Å². The number of rotatable bonds is 1. The molecule has 2 nitrogen and oxygen atoms in total. The molecule has 0 amide bonds. The van der Waals surface area contributed by atoms with E-state index in [1.807, 2.05) is 0 Å². The maximum atomic E-state index is 2.70. The SMILES string of the molecule is c1ccc(C2=c3cc4c5c(c3Sc3c2cc2c6c3CCCN6CCC2)CCC[N+]=5CCC4)cc1. The fourth-order valence-electron chi connectivity index (χ4n) is 7.43. The zero-order valence-electron chi connectivity index (χ0n) is 19.8. The lowest BCUT2D eigenvalue weighted by atomic mass is 9.84. The Hall–Kier alpha value is -2.52. The van der Waals surface area contributed by atoms with Gasteiger partial charge in [0.1, 0.15) is 13.1 Å². The van der Waals surface area contributed by atoms with E-state index < -0.39 is 0 Å². The van der Waals surface area contributed by atoms with Crippen LogP contribution in [-0.4, -0.2) is 26.2 Å². The van der Waals surface area contributed by atoms with Crippen molar-refractivity contribution in [3.63, 3.8) is 0 Å². The number of nitrogens with zero attached hydrogens (tertiary/aromatic N) is 2. The summed E-state index contributed by atoms with van der Waals surface area (Å²) in [6.45, 7) is 4.96. The summed E-state index contributed by atoms with van der Waals surface area (Å²) >= 11 is 2.13. The van der Waals surface area contributed by atoms with Gasteiger partial charge in [-0.3, -0.25) is 0 Å². The number of benzene rings is 3. The average Bonchev–Trinajstić information content (AvgIpc) is 2.89. The van der Waals surface area contributed by atoms with Gasteiger partial charge in [-0.15, -0.1) is 0 Å². The van der Waals surface area contributed by atoms with Crippen LogP contribution in [0.5, 0.6) is 0 Å². The number of fused-ring (bicyclic) bond motifs is 4. The van der Waals surface area contributed by atoms with Gasteiger partial charge in [-0.1, -0.05) is 42.1 Å². The molecule has 170 valence electrons. The van der Waals surface area contributed by atoms with Crippen LogP contribution in [-0.2, 0) is 25.7 Å². The van der Waals surface area contributed by atoms with Crippen LogP contribution in [0.2, 0.25) is 0 Å². The molecule has 0 aromatic heterocycles. The summed E-state index contributed by atoms with van der Waals surface area (Å²) in [5.74, 6) is 0. The molecule has 0 N–H and O–H groups in total. The second-order valence-corrected chi connectivity index (χ2v) is 11.7. The second-order valence-electron chi connectivity index (χ2n) is 10.7. The summed E-state index contributed by atoms with van der Waals surface area (Å²) in [6, 6.07) is 16.5. The van der Waals surface area contributed by atoms with Crippen LogP contribution in [0.4, 0.5) is 5.69 Å². The highest BCUT2D eigenvalue weighted by molar-refractivity contribution is 7.99. The predicted molar refractivity (Wildman–Crippen MR) is 141 cm³/mol. The van der Waals surface area contributed by atoms with Gasteiger partial charge >= 0.3 is 0 Å². The minimum Gasteiger partial charge on any atom is -0.371 e. The Balaban J connectivity index is 1.52. The van der Waals surface area contributed by atoms with Gasteiger partial charge in [0.25, 0.3) is 0 Å². The lowest BCUT2D eigenvalue weighted by Crippen LogP contribution is -2.45. The van der Waals surface area contributed by atoms with E-state index in [1.54, 1.807) is 43.1 Å². The smallest absolute Gasteiger partial charge is 0.207 e. The van der Waals surface area contributed by atoms with Gasteiger partial charge < -0.3 is 4.90 Å². The summed E-state index contributed by atoms with van der Waals surface area (Å²) in [5, 5.41) is 3.12. The minimum absolute atomic E-state index is 1.23. The highest BCUT2D eigenvalue weighted by Gasteiger charge is 2.34. The molecule has 5 aliphatic rings. The van der Waals surface area contributed by atoms with Gasteiger partial charge in [0.2, 0.25) is 5.36 Å². The van der Waals surface area contributed by atoms with E-state index in [9.17, 15) is 0 Å². The van der Waals surface area contributed by atoms with Gasteiger partial charge in [-0.2, -0.15) is 0 Å². The quantitative estimate of drug-likeness (QED) is 0.384. The molecule has 0 fully saturated rings. The van der Waals surface area contributed by atoms with Crippen LogP contribution < -0.4 is 20.1 Å². The Morgan fingerprint density at radius 3 is 2.38 bits per heavy atom. The third kappa shape index (κ3) is 2.74. The number of hydrogen-bond acceptors (Lipinski definition) is 2. The number of aryl methyl sites for hydroxylation is 2. The topological polar surface area (TPSA) is 6.25 Å². The van der Waals surface area contributed by atoms with Crippen molar-refractivity contribution < 1.29 is 0 Å². The molecule has 0 bridgehead atoms. The highest BCUT2D eigenvalue weighted by Crippen LogP contribution is 2.48. The van der Waals surface area contributed by atoms with Crippen molar-refractivity contribution in [1.82, 2.24) is 4.58 Å². The lowest BCUT2D eigenvalue weighted by molar-refractivity contribution is 0.476. The first-order chi connectivity index (χ1) is 16.9. The Morgan fingerprint density at radius 1 is 0.735 bits per heavy atom. The van der Waals surface area contributed by atoms with E-state index in [0.29, 0.717) is 0 Å². The summed E-state index contributed by atoms with van der Waals surface area (Å²) in [6.07, 6.45) is 10.1. The molecule has 8 rings (SSSR count). The van der Waals surface area contributed by atoms with Crippen molar-refractivity contribution in [2.24, 2.45) is 0 Å². The third-order valence-electron chi connectivity index (χ3n) is 8.75. The molecule has 0 atom stereocenters. The van der Waals surface area contributed by atoms with Crippen molar-refractivity contribution in [1.29, 1.82) is 0 Å². The molecule has 5 heterocycles. The Kier molecular flexibility index (Phi) is 4.35. The molecule has 0 saturated carbocycles. The van der Waals surface area contributed by atoms with Crippen LogP contribution in [0.15, 0.2) is 52.3 Å². The third-order valence-corrected chi connectivity index (χ3v) is 10.1. The standard InChI is InChI=1S/C31H31N2S/c1-2-8-20(9-3-1)27-25-18-21-10-4-14-32-16-6-12-23(28(21)32)30(25)34-31-24-13-7-17-33-15-5-11-22(29(24)33)19-26(27)31/h1-3,8-9,18-19H,4-7,10-17H2/q+1. The number of hydrogen-bond donors (Lipinski definition) is 0. The lowest BCUT2D eigenvalue weighted by Gasteiger charge is -2.39. The van der Waals surface area contributed by atoms with Gasteiger partial charge in [-0.05, 0) is 83.7 Å². The van der Waals surface area contributed by atoms with Gasteiger partial charge in [0, 0.05) is 52.5 Å². The van der Waals surface area contributed by atoms with Crippen molar-refractivity contribution in [3.8, 4) is 0 Å². The molecular weight excluding hydrogens is 432 g/mol. The first kappa shape index (κ1) is 19.8. The Morgan fingerprint density at radius 2 is 1.50 bits per heavy atom. The minimum atomic E-state index is 1.23. The largest absolute Gasteiger partial charge is 0.371 e. The summed E-state index contributed by atoms with van der Waals surface area (Å²) in [4.78, 5) is 5.84.